The van der Waals surface area contributed by atoms with E-state index >= 15 is 0 Å². The van der Waals surface area contributed by atoms with E-state index in [0.717, 1.165) is 38.5 Å². The molecule has 3 rings (SSSR count). The molecule has 2 aromatic rings. The van der Waals surface area contributed by atoms with Gasteiger partial charge in [0.15, 0.2) is 0 Å². The maximum absolute atomic E-state index is 11.5. The minimum atomic E-state index is -0.137. The summed E-state index contributed by atoms with van der Waals surface area (Å²) in [5.41, 5.74) is 2.89. The Kier molecular flexibility index (Phi) is 4.65. The second kappa shape index (κ2) is 7.04. The summed E-state index contributed by atoms with van der Waals surface area (Å²) >= 11 is 0. The quantitative estimate of drug-likeness (QED) is 0.839. The molecule has 116 valence electrons. The molecule has 0 spiro atoms. The fourth-order valence-electron chi connectivity index (χ4n) is 2.53. The van der Waals surface area contributed by atoms with Crippen LogP contribution in [-0.2, 0) is 0 Å². The number of hydrogen-bond acceptors (Lipinski definition) is 6. The molecule has 0 atom stereocenters. The fourth-order valence-corrected chi connectivity index (χ4v) is 2.53. The van der Waals surface area contributed by atoms with Gasteiger partial charge in [-0.25, -0.2) is 4.98 Å². The maximum Gasteiger partial charge on any atom is 0.285 e. The Labute approximate surface area is 129 Å². The topological polar surface area (TPSA) is 66.3 Å². The summed E-state index contributed by atoms with van der Waals surface area (Å²) in [4.78, 5) is 21.9. The first kappa shape index (κ1) is 14.5. The minimum Gasteiger partial charge on any atom is -0.354 e. The van der Waals surface area contributed by atoms with Crippen molar-refractivity contribution in [3.63, 3.8) is 0 Å². The highest BCUT2D eigenvalue weighted by molar-refractivity contribution is 5.38. The number of piperazine rings is 1. The Balaban J connectivity index is 1.43. The predicted molar refractivity (Wildman–Crippen MR) is 85.6 cm³/mol. The van der Waals surface area contributed by atoms with Gasteiger partial charge < -0.3 is 10.3 Å². The predicted octanol–water partition coefficient (Wildman–Crippen LogP) is 0.00400. The zero-order valence-corrected chi connectivity index (χ0v) is 12.4. The molecule has 0 radical (unpaired) electrons. The van der Waals surface area contributed by atoms with Gasteiger partial charge in [0.2, 0.25) is 0 Å². The van der Waals surface area contributed by atoms with Crippen molar-refractivity contribution >= 4 is 5.82 Å². The summed E-state index contributed by atoms with van der Waals surface area (Å²) in [6.45, 7) is 5.52. The van der Waals surface area contributed by atoms with Gasteiger partial charge in [0.05, 0.1) is 0 Å². The molecule has 1 aliphatic heterocycles. The average molecular weight is 300 g/mol. The molecule has 1 saturated heterocycles. The summed E-state index contributed by atoms with van der Waals surface area (Å²) in [5, 5.41) is 3.97. The van der Waals surface area contributed by atoms with E-state index in [0.29, 0.717) is 6.54 Å². The third-order valence-electron chi connectivity index (χ3n) is 3.75. The summed E-state index contributed by atoms with van der Waals surface area (Å²) in [5.74, 6) is 1.04. The molecule has 0 aromatic carbocycles. The maximum atomic E-state index is 11.5. The van der Waals surface area contributed by atoms with E-state index in [-0.39, 0.29) is 5.56 Å². The van der Waals surface area contributed by atoms with E-state index in [2.05, 4.69) is 25.3 Å². The molecule has 0 unspecified atom stereocenters. The SMILES string of the molecule is O=c1cccnn1NCCN1CCN(c2ccccn2)CC1. The number of rotatable bonds is 5. The van der Waals surface area contributed by atoms with Crippen LogP contribution in [-0.4, -0.2) is 59.0 Å². The lowest BCUT2D eigenvalue weighted by Gasteiger charge is -2.35. The first-order valence-corrected chi connectivity index (χ1v) is 7.49. The minimum absolute atomic E-state index is 0.137. The van der Waals surface area contributed by atoms with Gasteiger partial charge in [0, 0.05) is 57.7 Å². The van der Waals surface area contributed by atoms with Gasteiger partial charge in [-0.1, -0.05) is 6.07 Å². The van der Waals surface area contributed by atoms with Crippen LogP contribution in [0.2, 0.25) is 0 Å². The molecule has 3 heterocycles. The van der Waals surface area contributed by atoms with Crippen LogP contribution in [0.15, 0.2) is 47.5 Å². The zero-order chi connectivity index (χ0) is 15.2. The number of nitrogens with zero attached hydrogens (tertiary/aromatic N) is 5. The number of aromatic nitrogens is 3. The summed E-state index contributed by atoms with van der Waals surface area (Å²) in [6, 6.07) is 9.13. The molecular weight excluding hydrogens is 280 g/mol. The van der Waals surface area contributed by atoms with Crippen LogP contribution in [0.25, 0.3) is 0 Å². The Morgan fingerprint density at radius 1 is 1.05 bits per heavy atom. The van der Waals surface area contributed by atoms with Crippen LogP contribution in [0.3, 0.4) is 0 Å². The third-order valence-corrected chi connectivity index (χ3v) is 3.75. The van der Waals surface area contributed by atoms with Gasteiger partial charge in [-0.05, 0) is 18.2 Å². The highest BCUT2D eigenvalue weighted by Gasteiger charge is 2.17. The van der Waals surface area contributed by atoms with Crippen LogP contribution >= 0.6 is 0 Å². The first-order chi connectivity index (χ1) is 10.8. The van der Waals surface area contributed by atoms with Crippen LogP contribution in [0.5, 0.6) is 0 Å². The molecule has 1 N–H and O–H groups in total. The second-order valence-electron chi connectivity index (χ2n) is 5.20. The Morgan fingerprint density at radius 3 is 2.64 bits per heavy atom. The Hall–Kier alpha value is -2.41. The first-order valence-electron chi connectivity index (χ1n) is 7.49. The second-order valence-corrected chi connectivity index (χ2v) is 5.20. The number of nitrogens with one attached hydrogen (secondary N) is 1. The highest BCUT2D eigenvalue weighted by Crippen LogP contribution is 2.11. The van der Waals surface area contributed by atoms with Gasteiger partial charge >= 0.3 is 0 Å². The molecule has 0 bridgehead atoms. The average Bonchev–Trinajstić information content (AvgIpc) is 2.58. The summed E-state index contributed by atoms with van der Waals surface area (Å²) in [7, 11) is 0. The lowest BCUT2D eigenvalue weighted by Crippen LogP contribution is -2.48. The Morgan fingerprint density at radius 2 is 1.91 bits per heavy atom. The molecule has 0 aliphatic carbocycles. The van der Waals surface area contributed by atoms with Gasteiger partial charge in [0.25, 0.3) is 5.56 Å². The van der Waals surface area contributed by atoms with Crippen molar-refractivity contribution in [3.8, 4) is 0 Å². The molecule has 0 amide bonds. The van der Waals surface area contributed by atoms with E-state index in [1.54, 1.807) is 12.3 Å². The van der Waals surface area contributed by atoms with E-state index in [4.69, 9.17) is 0 Å². The largest absolute Gasteiger partial charge is 0.354 e. The number of hydrogen-bond donors (Lipinski definition) is 1. The Bertz CT molecular complexity index is 636. The lowest BCUT2D eigenvalue weighted by atomic mass is 10.3. The number of anilines is 1. The van der Waals surface area contributed by atoms with E-state index < -0.39 is 0 Å². The summed E-state index contributed by atoms with van der Waals surface area (Å²) < 4.78 is 0. The normalized spacial score (nSPS) is 15.7. The van der Waals surface area contributed by atoms with Gasteiger partial charge in [-0.2, -0.15) is 5.10 Å². The molecule has 1 fully saturated rings. The van der Waals surface area contributed by atoms with Crippen LogP contribution in [0.1, 0.15) is 0 Å². The van der Waals surface area contributed by atoms with Crippen molar-refractivity contribution in [1.82, 2.24) is 19.8 Å². The van der Waals surface area contributed by atoms with Crippen LogP contribution < -0.4 is 15.9 Å². The third kappa shape index (κ3) is 3.62. The monoisotopic (exact) mass is 300 g/mol. The standard InChI is InChI=1S/C15H20N6O/c22-15-5-3-7-17-21(15)18-8-9-19-10-12-20(13-11-19)14-4-1-2-6-16-14/h1-7,18H,8-13H2. The van der Waals surface area contributed by atoms with Gasteiger partial charge in [-0.15, -0.1) is 4.79 Å². The van der Waals surface area contributed by atoms with Crippen molar-refractivity contribution in [1.29, 1.82) is 0 Å². The van der Waals surface area contributed by atoms with Crippen molar-refractivity contribution in [3.05, 3.63) is 53.1 Å². The van der Waals surface area contributed by atoms with Crippen LogP contribution in [0.4, 0.5) is 5.82 Å². The highest BCUT2D eigenvalue weighted by atomic mass is 16.1. The molecule has 0 saturated carbocycles. The van der Waals surface area contributed by atoms with E-state index in [9.17, 15) is 4.79 Å². The molecule has 7 nitrogen and oxygen atoms in total. The van der Waals surface area contributed by atoms with Crippen molar-refractivity contribution < 1.29 is 0 Å². The lowest BCUT2D eigenvalue weighted by molar-refractivity contribution is 0.264. The smallest absolute Gasteiger partial charge is 0.285 e. The number of pyridine rings is 1. The van der Waals surface area contributed by atoms with E-state index in [1.807, 2.05) is 24.4 Å². The van der Waals surface area contributed by atoms with Crippen molar-refractivity contribution in [2.24, 2.45) is 0 Å². The van der Waals surface area contributed by atoms with Crippen molar-refractivity contribution in [2.75, 3.05) is 49.6 Å². The fraction of sp³-hybridized carbons (Fsp3) is 0.400. The van der Waals surface area contributed by atoms with Gasteiger partial charge in [-0.3, -0.25) is 9.69 Å². The van der Waals surface area contributed by atoms with Crippen LogP contribution in [0, 0.1) is 0 Å². The summed E-state index contributed by atoms with van der Waals surface area (Å²) in [6.07, 6.45) is 3.43. The molecule has 22 heavy (non-hydrogen) atoms. The molecule has 7 heteroatoms. The molecular formula is C15H20N6O. The van der Waals surface area contributed by atoms with Gasteiger partial charge in [0.1, 0.15) is 5.82 Å². The molecule has 1 aliphatic rings. The zero-order valence-electron chi connectivity index (χ0n) is 12.4. The van der Waals surface area contributed by atoms with Crippen molar-refractivity contribution in [2.45, 2.75) is 0 Å². The van der Waals surface area contributed by atoms with E-state index in [1.165, 1.54) is 10.9 Å². The molecule has 2 aromatic heterocycles.